The van der Waals surface area contributed by atoms with Crippen LogP contribution in [0.4, 0.5) is 5.69 Å². The minimum Gasteiger partial charge on any atom is -0.322 e. The number of likely N-dealkylation sites (N-methyl/N-ethyl adjacent to an activating group) is 1. The van der Waals surface area contributed by atoms with Gasteiger partial charge < -0.3 is 5.32 Å². The van der Waals surface area contributed by atoms with Gasteiger partial charge in [-0.1, -0.05) is 12.1 Å². The van der Waals surface area contributed by atoms with E-state index >= 15 is 0 Å². The zero-order chi connectivity index (χ0) is 17.1. The van der Waals surface area contributed by atoms with Crippen LogP contribution in [0.15, 0.2) is 36.7 Å². The summed E-state index contributed by atoms with van der Waals surface area (Å²) in [4.78, 5) is 23.0. The predicted molar refractivity (Wildman–Crippen MR) is 92.4 cm³/mol. The molecular weight excluding hydrogens is 304 g/mol. The third kappa shape index (κ3) is 3.75. The fourth-order valence-corrected chi connectivity index (χ4v) is 2.56. The molecule has 1 N–H and O–H groups in total. The van der Waals surface area contributed by atoms with Gasteiger partial charge in [0.05, 0.1) is 40.9 Å². The van der Waals surface area contributed by atoms with Crippen LogP contribution in [0, 0.1) is 6.92 Å². The van der Waals surface area contributed by atoms with Gasteiger partial charge in [0.2, 0.25) is 5.91 Å². The predicted octanol–water partition coefficient (Wildman–Crippen LogP) is 1.74. The first kappa shape index (κ1) is 16.1. The van der Waals surface area contributed by atoms with E-state index in [1.54, 1.807) is 17.1 Å². The summed E-state index contributed by atoms with van der Waals surface area (Å²) in [6.07, 6.45) is 3.55. The van der Waals surface area contributed by atoms with Crippen molar-refractivity contribution >= 4 is 22.6 Å². The van der Waals surface area contributed by atoms with Gasteiger partial charge in [0.15, 0.2) is 0 Å². The van der Waals surface area contributed by atoms with Crippen molar-refractivity contribution in [2.24, 2.45) is 7.05 Å². The highest BCUT2D eigenvalue weighted by atomic mass is 16.2. The molecule has 7 nitrogen and oxygen atoms in total. The Morgan fingerprint density at radius 3 is 2.75 bits per heavy atom. The Morgan fingerprint density at radius 2 is 2.04 bits per heavy atom. The zero-order valence-corrected chi connectivity index (χ0v) is 14.0. The third-order valence-corrected chi connectivity index (χ3v) is 3.63. The molecule has 0 spiro atoms. The quantitative estimate of drug-likeness (QED) is 0.774. The van der Waals surface area contributed by atoms with Crippen LogP contribution >= 0.6 is 0 Å². The number of rotatable bonds is 5. The van der Waals surface area contributed by atoms with Crippen molar-refractivity contribution in [1.29, 1.82) is 0 Å². The minimum absolute atomic E-state index is 0.0812. The van der Waals surface area contributed by atoms with Crippen molar-refractivity contribution < 1.29 is 4.79 Å². The van der Waals surface area contributed by atoms with Crippen molar-refractivity contribution in [3.8, 4) is 0 Å². The van der Waals surface area contributed by atoms with Crippen LogP contribution in [0.1, 0.15) is 11.4 Å². The SMILES string of the molecule is Cc1nn(C)cc1NC(=O)CN(C)Cc1cnc2ccccc2n1. The number of amides is 1. The molecule has 0 radical (unpaired) electrons. The molecule has 1 amide bonds. The lowest BCUT2D eigenvalue weighted by atomic mass is 10.3. The Bertz CT molecular complexity index is 872. The van der Waals surface area contributed by atoms with Crippen molar-refractivity contribution in [2.45, 2.75) is 13.5 Å². The molecule has 2 aromatic heterocycles. The van der Waals surface area contributed by atoms with Crippen LogP contribution < -0.4 is 5.32 Å². The number of hydrogen-bond donors (Lipinski definition) is 1. The van der Waals surface area contributed by atoms with E-state index in [0.717, 1.165) is 28.1 Å². The summed E-state index contributed by atoms with van der Waals surface area (Å²) >= 11 is 0. The maximum absolute atomic E-state index is 12.2. The Kier molecular flexibility index (Phi) is 4.52. The average Bonchev–Trinajstić information content (AvgIpc) is 2.84. The van der Waals surface area contributed by atoms with Gasteiger partial charge >= 0.3 is 0 Å². The Balaban J connectivity index is 1.60. The first-order chi connectivity index (χ1) is 11.5. The van der Waals surface area contributed by atoms with Gasteiger partial charge in [0, 0.05) is 19.8 Å². The summed E-state index contributed by atoms with van der Waals surface area (Å²) in [5, 5.41) is 7.09. The van der Waals surface area contributed by atoms with Crippen molar-refractivity contribution in [2.75, 3.05) is 18.9 Å². The molecule has 24 heavy (non-hydrogen) atoms. The van der Waals surface area contributed by atoms with E-state index in [0.29, 0.717) is 6.54 Å². The third-order valence-electron chi connectivity index (χ3n) is 3.63. The summed E-state index contributed by atoms with van der Waals surface area (Å²) in [6.45, 7) is 2.68. The molecular formula is C17H20N6O. The molecule has 0 aliphatic carbocycles. The van der Waals surface area contributed by atoms with Crippen LogP contribution in [0.3, 0.4) is 0 Å². The van der Waals surface area contributed by atoms with Crippen molar-refractivity contribution in [3.05, 3.63) is 48.0 Å². The molecule has 0 aliphatic rings. The average molecular weight is 324 g/mol. The summed E-state index contributed by atoms with van der Waals surface area (Å²) in [5.74, 6) is -0.0812. The Morgan fingerprint density at radius 1 is 1.29 bits per heavy atom. The first-order valence-electron chi connectivity index (χ1n) is 7.70. The zero-order valence-electron chi connectivity index (χ0n) is 14.0. The van der Waals surface area contributed by atoms with Gasteiger partial charge in [-0.3, -0.25) is 19.4 Å². The minimum atomic E-state index is -0.0812. The summed E-state index contributed by atoms with van der Waals surface area (Å²) < 4.78 is 1.68. The van der Waals surface area contributed by atoms with E-state index in [9.17, 15) is 4.79 Å². The summed E-state index contributed by atoms with van der Waals surface area (Å²) in [6, 6.07) is 7.74. The standard InChI is InChI=1S/C17H20N6O/c1-12-16(10-23(3)21-12)20-17(24)11-22(2)9-13-8-18-14-6-4-5-7-15(14)19-13/h4-8,10H,9,11H2,1-3H3,(H,20,24). The van der Waals surface area contributed by atoms with Crippen LogP contribution in [0.5, 0.6) is 0 Å². The smallest absolute Gasteiger partial charge is 0.238 e. The fourth-order valence-electron chi connectivity index (χ4n) is 2.56. The number of carbonyl (C=O) groups is 1. The molecule has 3 rings (SSSR count). The Hall–Kier alpha value is -2.80. The molecule has 2 heterocycles. The number of nitrogens with zero attached hydrogens (tertiary/aromatic N) is 5. The van der Waals surface area contributed by atoms with Gasteiger partial charge in [0.25, 0.3) is 0 Å². The second-order valence-corrected chi connectivity index (χ2v) is 5.87. The van der Waals surface area contributed by atoms with E-state index < -0.39 is 0 Å². The first-order valence-corrected chi connectivity index (χ1v) is 7.70. The topological polar surface area (TPSA) is 75.9 Å². The van der Waals surface area contributed by atoms with Gasteiger partial charge in [0.1, 0.15) is 0 Å². The number of hydrogen-bond acceptors (Lipinski definition) is 5. The molecule has 0 unspecified atom stereocenters. The van der Waals surface area contributed by atoms with E-state index in [-0.39, 0.29) is 12.5 Å². The highest BCUT2D eigenvalue weighted by Crippen LogP contribution is 2.12. The fraction of sp³-hybridized carbons (Fsp3) is 0.294. The molecule has 7 heteroatoms. The maximum Gasteiger partial charge on any atom is 0.238 e. The normalized spacial score (nSPS) is 11.2. The number of aromatic nitrogens is 4. The van der Waals surface area contributed by atoms with Crippen LogP contribution in [0.2, 0.25) is 0 Å². The molecule has 124 valence electrons. The monoisotopic (exact) mass is 324 g/mol. The second kappa shape index (κ2) is 6.76. The van der Waals surface area contributed by atoms with Crippen LogP contribution in [0.25, 0.3) is 11.0 Å². The van der Waals surface area contributed by atoms with Gasteiger partial charge in [-0.15, -0.1) is 0 Å². The number of fused-ring (bicyclic) bond motifs is 1. The highest BCUT2D eigenvalue weighted by molar-refractivity contribution is 5.92. The summed E-state index contributed by atoms with van der Waals surface area (Å²) in [5.41, 5.74) is 4.10. The van der Waals surface area contributed by atoms with E-state index in [1.165, 1.54) is 0 Å². The summed E-state index contributed by atoms with van der Waals surface area (Å²) in [7, 11) is 3.71. The molecule has 0 atom stereocenters. The number of nitrogens with one attached hydrogen (secondary N) is 1. The maximum atomic E-state index is 12.2. The highest BCUT2D eigenvalue weighted by Gasteiger charge is 2.11. The van der Waals surface area contributed by atoms with Gasteiger partial charge in [-0.25, -0.2) is 4.98 Å². The van der Waals surface area contributed by atoms with Crippen molar-refractivity contribution in [1.82, 2.24) is 24.6 Å². The largest absolute Gasteiger partial charge is 0.322 e. The number of benzene rings is 1. The lowest BCUT2D eigenvalue weighted by Crippen LogP contribution is -2.30. The van der Waals surface area contributed by atoms with Crippen LogP contribution in [-0.2, 0) is 18.4 Å². The Labute approximate surface area is 140 Å². The van der Waals surface area contributed by atoms with E-state index in [2.05, 4.69) is 20.4 Å². The molecule has 0 aliphatic heterocycles. The second-order valence-electron chi connectivity index (χ2n) is 5.87. The number of aryl methyl sites for hydroxylation is 2. The van der Waals surface area contributed by atoms with E-state index in [1.807, 2.05) is 50.2 Å². The lowest BCUT2D eigenvalue weighted by molar-refractivity contribution is -0.117. The molecule has 1 aromatic carbocycles. The molecule has 0 bridgehead atoms. The number of para-hydroxylation sites is 2. The lowest BCUT2D eigenvalue weighted by Gasteiger charge is -2.15. The molecule has 0 fully saturated rings. The number of carbonyl (C=O) groups excluding carboxylic acids is 1. The van der Waals surface area contributed by atoms with Gasteiger partial charge in [-0.05, 0) is 26.1 Å². The van der Waals surface area contributed by atoms with Crippen LogP contribution in [-0.4, -0.2) is 44.1 Å². The number of anilines is 1. The molecule has 0 saturated heterocycles. The van der Waals surface area contributed by atoms with E-state index in [4.69, 9.17) is 0 Å². The van der Waals surface area contributed by atoms with Gasteiger partial charge in [-0.2, -0.15) is 5.10 Å². The van der Waals surface area contributed by atoms with Crippen molar-refractivity contribution in [3.63, 3.8) is 0 Å². The molecule has 3 aromatic rings. The molecule has 0 saturated carbocycles.